The van der Waals surface area contributed by atoms with E-state index in [0.717, 1.165) is 29.5 Å². The monoisotopic (exact) mass is 434 g/mol. The molecule has 0 radical (unpaired) electrons. The average Bonchev–Trinajstić information content (AvgIpc) is 3.16. The second-order valence-electron chi connectivity index (χ2n) is 8.62. The number of ether oxygens (including phenoxy) is 3. The van der Waals surface area contributed by atoms with Crippen LogP contribution in [0.3, 0.4) is 0 Å². The molecular formula is C24H23FN4O3. The van der Waals surface area contributed by atoms with Gasteiger partial charge in [-0.15, -0.1) is 5.10 Å². The van der Waals surface area contributed by atoms with Crippen LogP contribution < -0.4 is 19.5 Å². The van der Waals surface area contributed by atoms with Gasteiger partial charge >= 0.3 is 0 Å². The fraction of sp³-hybridized carbons (Fsp3) is 0.375. The maximum atomic E-state index is 15.1. The number of methoxy groups -OCH3 is 1. The van der Waals surface area contributed by atoms with Crippen LogP contribution in [-0.4, -0.2) is 40.5 Å². The minimum atomic E-state index is -0.350. The molecule has 3 aliphatic rings. The number of pyridine rings is 1. The van der Waals surface area contributed by atoms with Gasteiger partial charge in [-0.25, -0.2) is 4.39 Å². The lowest BCUT2D eigenvalue weighted by molar-refractivity contribution is 0.130. The topological polar surface area (TPSA) is 78.4 Å². The number of aromatic nitrogens is 3. The molecule has 164 valence electrons. The van der Waals surface area contributed by atoms with Crippen LogP contribution in [0.1, 0.15) is 31.2 Å². The van der Waals surface area contributed by atoms with Crippen LogP contribution >= 0.6 is 0 Å². The average molecular weight is 434 g/mol. The highest BCUT2D eigenvalue weighted by Gasteiger charge is 2.35. The summed E-state index contributed by atoms with van der Waals surface area (Å²) in [5.74, 6) is 1.02. The Labute approximate surface area is 184 Å². The third-order valence-corrected chi connectivity index (χ3v) is 6.55. The molecule has 1 aromatic carbocycles. The lowest BCUT2D eigenvalue weighted by Gasteiger charge is -2.29. The maximum Gasteiger partial charge on any atom is 0.233 e. The third kappa shape index (κ3) is 3.44. The van der Waals surface area contributed by atoms with Crippen LogP contribution in [0.5, 0.6) is 17.6 Å². The van der Waals surface area contributed by atoms with E-state index in [0.29, 0.717) is 47.5 Å². The summed E-state index contributed by atoms with van der Waals surface area (Å²) >= 11 is 0. The second-order valence-corrected chi connectivity index (χ2v) is 8.62. The summed E-state index contributed by atoms with van der Waals surface area (Å²) in [6.07, 6.45) is 6.13. The molecule has 3 aromatic rings. The molecular weight excluding hydrogens is 411 g/mol. The summed E-state index contributed by atoms with van der Waals surface area (Å²) in [7, 11) is 1.50. The molecule has 2 bridgehead atoms. The number of piperidine rings is 1. The standard InChI is InChI=1S/C24H23FN4O3/c1-30-23-7-13(11-26-29-23)20-6-14-12-31-24-18(19(14)10-21(20)25)4-5-22(28-24)32-17-8-15-2-3-16(9-17)27-15/h4-7,10-11,15-17,27H,2-3,8-9,12H2,1H3. The molecule has 3 aliphatic heterocycles. The smallest absolute Gasteiger partial charge is 0.233 e. The molecule has 0 spiro atoms. The van der Waals surface area contributed by atoms with Crippen molar-refractivity contribution in [2.45, 2.75) is 50.5 Å². The Kier molecular flexibility index (Phi) is 4.68. The minimum Gasteiger partial charge on any atom is -0.480 e. The maximum absolute atomic E-state index is 15.1. The number of halogens is 1. The van der Waals surface area contributed by atoms with Gasteiger partial charge in [-0.2, -0.15) is 10.1 Å². The Hall–Kier alpha value is -3.26. The lowest BCUT2D eigenvalue weighted by atomic mass is 9.94. The number of nitrogens with zero attached hydrogens (tertiary/aromatic N) is 3. The molecule has 5 heterocycles. The highest BCUT2D eigenvalue weighted by molar-refractivity contribution is 5.78. The molecule has 2 atom stereocenters. The van der Waals surface area contributed by atoms with Crippen LogP contribution in [-0.2, 0) is 6.61 Å². The van der Waals surface area contributed by atoms with Crippen molar-refractivity contribution in [2.24, 2.45) is 0 Å². The second kappa shape index (κ2) is 7.70. The van der Waals surface area contributed by atoms with Gasteiger partial charge in [0.1, 0.15) is 18.5 Å². The molecule has 32 heavy (non-hydrogen) atoms. The van der Waals surface area contributed by atoms with E-state index in [1.807, 2.05) is 12.1 Å². The van der Waals surface area contributed by atoms with E-state index in [-0.39, 0.29) is 11.9 Å². The predicted molar refractivity (Wildman–Crippen MR) is 115 cm³/mol. The Bertz CT molecular complexity index is 1180. The van der Waals surface area contributed by atoms with Crippen molar-refractivity contribution in [2.75, 3.05) is 7.11 Å². The van der Waals surface area contributed by atoms with Crippen LogP contribution in [0.4, 0.5) is 4.39 Å². The van der Waals surface area contributed by atoms with Crippen molar-refractivity contribution in [3.05, 3.63) is 47.9 Å². The summed E-state index contributed by atoms with van der Waals surface area (Å²) < 4.78 is 32.3. The molecule has 0 amide bonds. The third-order valence-electron chi connectivity index (χ3n) is 6.55. The van der Waals surface area contributed by atoms with E-state index in [2.05, 4.69) is 20.5 Å². The van der Waals surface area contributed by atoms with E-state index in [1.54, 1.807) is 12.1 Å². The molecule has 2 aromatic heterocycles. The summed E-state index contributed by atoms with van der Waals surface area (Å²) in [4.78, 5) is 4.59. The van der Waals surface area contributed by atoms with Crippen LogP contribution in [0.15, 0.2) is 36.5 Å². The van der Waals surface area contributed by atoms with Crippen LogP contribution in [0.2, 0.25) is 0 Å². The molecule has 1 N–H and O–H groups in total. The number of nitrogens with one attached hydrogen (secondary N) is 1. The van der Waals surface area contributed by atoms with Gasteiger partial charge in [-0.3, -0.25) is 0 Å². The quantitative estimate of drug-likeness (QED) is 0.667. The number of hydrogen-bond acceptors (Lipinski definition) is 7. The van der Waals surface area contributed by atoms with E-state index in [1.165, 1.54) is 32.2 Å². The zero-order valence-corrected chi connectivity index (χ0v) is 17.7. The highest BCUT2D eigenvalue weighted by atomic mass is 19.1. The van der Waals surface area contributed by atoms with Crippen molar-refractivity contribution in [3.8, 4) is 39.9 Å². The molecule has 7 nitrogen and oxygen atoms in total. The first-order valence-corrected chi connectivity index (χ1v) is 10.9. The van der Waals surface area contributed by atoms with Crippen LogP contribution in [0, 0.1) is 5.82 Å². The first-order valence-electron chi connectivity index (χ1n) is 10.9. The van der Waals surface area contributed by atoms with Gasteiger partial charge < -0.3 is 19.5 Å². The Morgan fingerprint density at radius 1 is 1.03 bits per heavy atom. The lowest BCUT2D eigenvalue weighted by Crippen LogP contribution is -2.42. The van der Waals surface area contributed by atoms with E-state index >= 15 is 4.39 Å². The molecule has 2 fully saturated rings. The van der Waals surface area contributed by atoms with Crippen molar-refractivity contribution in [1.29, 1.82) is 0 Å². The Balaban J connectivity index is 1.28. The van der Waals surface area contributed by atoms with Gasteiger partial charge in [0, 0.05) is 40.9 Å². The highest BCUT2D eigenvalue weighted by Crippen LogP contribution is 2.40. The van der Waals surface area contributed by atoms with Crippen molar-refractivity contribution in [3.63, 3.8) is 0 Å². The van der Waals surface area contributed by atoms with Gasteiger partial charge in [0.15, 0.2) is 0 Å². The number of rotatable bonds is 4. The molecule has 2 saturated heterocycles. The largest absolute Gasteiger partial charge is 0.480 e. The Morgan fingerprint density at radius 3 is 2.69 bits per heavy atom. The van der Waals surface area contributed by atoms with Crippen molar-refractivity contribution < 1.29 is 18.6 Å². The Morgan fingerprint density at radius 2 is 1.88 bits per heavy atom. The van der Waals surface area contributed by atoms with Crippen molar-refractivity contribution in [1.82, 2.24) is 20.5 Å². The van der Waals surface area contributed by atoms with Gasteiger partial charge in [0.25, 0.3) is 0 Å². The molecule has 8 heteroatoms. The predicted octanol–water partition coefficient (Wildman–Crippen LogP) is 3.91. The summed E-state index contributed by atoms with van der Waals surface area (Å²) in [5.41, 5.74) is 3.45. The molecule has 2 unspecified atom stereocenters. The zero-order chi connectivity index (χ0) is 21.7. The minimum absolute atomic E-state index is 0.168. The number of benzene rings is 1. The summed E-state index contributed by atoms with van der Waals surface area (Å²) in [5, 5.41) is 11.4. The van der Waals surface area contributed by atoms with Gasteiger partial charge in [0.2, 0.25) is 17.6 Å². The SMILES string of the molecule is COc1cc(-c2cc3c(cc2F)-c2ccc(OC4CC5CCC(C4)N5)nc2OC3)cnn1. The molecule has 0 aliphatic carbocycles. The zero-order valence-electron chi connectivity index (χ0n) is 17.7. The van der Waals surface area contributed by atoms with Gasteiger partial charge in [-0.1, -0.05) is 0 Å². The summed E-state index contributed by atoms with van der Waals surface area (Å²) in [6.45, 7) is 0.305. The van der Waals surface area contributed by atoms with Gasteiger partial charge in [0.05, 0.1) is 13.3 Å². The number of hydrogen-bond donors (Lipinski definition) is 1. The first-order chi connectivity index (χ1) is 15.7. The van der Waals surface area contributed by atoms with E-state index in [4.69, 9.17) is 14.2 Å². The normalized spacial score (nSPS) is 23.1. The first kappa shape index (κ1) is 19.4. The fourth-order valence-corrected chi connectivity index (χ4v) is 5.03. The van der Waals surface area contributed by atoms with E-state index < -0.39 is 0 Å². The van der Waals surface area contributed by atoms with E-state index in [9.17, 15) is 0 Å². The summed E-state index contributed by atoms with van der Waals surface area (Å²) in [6, 6.07) is 9.84. The number of fused-ring (bicyclic) bond motifs is 5. The molecule has 6 rings (SSSR count). The van der Waals surface area contributed by atoms with Crippen molar-refractivity contribution >= 4 is 0 Å². The molecule has 0 saturated carbocycles. The van der Waals surface area contributed by atoms with Gasteiger partial charge in [-0.05, 0) is 55.0 Å². The van der Waals surface area contributed by atoms with Crippen LogP contribution in [0.25, 0.3) is 22.3 Å². The fourth-order valence-electron chi connectivity index (χ4n) is 5.03.